The fourth-order valence-electron chi connectivity index (χ4n) is 2.71. The van der Waals surface area contributed by atoms with Crippen LogP contribution >= 0.6 is 0 Å². The third-order valence-corrected chi connectivity index (χ3v) is 4.16. The molecule has 4 heteroatoms. The molecule has 2 rings (SSSR count). The predicted molar refractivity (Wildman–Crippen MR) is 83.5 cm³/mol. The quantitative estimate of drug-likeness (QED) is 0.840. The Morgan fingerprint density at radius 2 is 2.00 bits per heavy atom. The van der Waals surface area contributed by atoms with E-state index in [0.717, 1.165) is 50.4 Å². The highest BCUT2D eigenvalue weighted by Crippen LogP contribution is 2.31. The van der Waals surface area contributed by atoms with Crippen LogP contribution in [0.2, 0.25) is 0 Å². The lowest BCUT2D eigenvalue weighted by atomic mass is 9.98. The van der Waals surface area contributed by atoms with Crippen LogP contribution in [0.1, 0.15) is 37.9 Å². The summed E-state index contributed by atoms with van der Waals surface area (Å²) in [7, 11) is 1.69. The summed E-state index contributed by atoms with van der Waals surface area (Å²) in [5, 5.41) is 0. The molecule has 0 aliphatic carbocycles. The van der Waals surface area contributed by atoms with Crippen molar-refractivity contribution in [1.29, 1.82) is 0 Å². The van der Waals surface area contributed by atoms with Crippen molar-refractivity contribution in [3.05, 3.63) is 29.8 Å². The average molecular weight is 293 g/mol. The van der Waals surface area contributed by atoms with Crippen LogP contribution < -0.4 is 10.5 Å². The molecule has 0 aromatic heterocycles. The maximum atomic E-state index is 6.28. The Kier molecular flexibility index (Phi) is 6.49. The van der Waals surface area contributed by atoms with Gasteiger partial charge in [-0.15, -0.1) is 0 Å². The minimum atomic E-state index is -0.117. The molecule has 4 nitrogen and oxygen atoms in total. The molecule has 0 spiro atoms. The van der Waals surface area contributed by atoms with Crippen LogP contribution in [0.3, 0.4) is 0 Å². The van der Waals surface area contributed by atoms with E-state index in [1.807, 2.05) is 24.3 Å². The molecule has 1 aromatic carbocycles. The maximum Gasteiger partial charge on any atom is 0.124 e. The van der Waals surface area contributed by atoms with Gasteiger partial charge in [0.15, 0.2) is 0 Å². The van der Waals surface area contributed by atoms with Gasteiger partial charge in [0.25, 0.3) is 0 Å². The second-order valence-corrected chi connectivity index (χ2v) is 5.62. The van der Waals surface area contributed by atoms with E-state index >= 15 is 0 Å². The summed E-state index contributed by atoms with van der Waals surface area (Å²) in [6.45, 7) is 4.50. The summed E-state index contributed by atoms with van der Waals surface area (Å²) in [6, 6.07) is 7.95. The fraction of sp³-hybridized carbons (Fsp3) is 0.647. The van der Waals surface area contributed by atoms with Crippen molar-refractivity contribution in [3.63, 3.8) is 0 Å². The first-order valence-electron chi connectivity index (χ1n) is 7.84. The third-order valence-electron chi connectivity index (χ3n) is 4.16. The lowest BCUT2D eigenvalue weighted by Gasteiger charge is -2.29. The third kappa shape index (κ3) is 4.43. The van der Waals surface area contributed by atoms with Crippen LogP contribution in [0, 0.1) is 5.92 Å². The number of ether oxygens (including phenoxy) is 3. The smallest absolute Gasteiger partial charge is 0.124 e. The zero-order chi connectivity index (χ0) is 15.1. The molecule has 1 saturated heterocycles. The molecule has 1 aliphatic heterocycles. The largest absolute Gasteiger partial charge is 0.496 e. The molecule has 0 bridgehead atoms. The maximum absolute atomic E-state index is 6.28. The molecule has 0 amide bonds. The summed E-state index contributed by atoms with van der Waals surface area (Å²) in [6.07, 6.45) is 2.89. The van der Waals surface area contributed by atoms with E-state index in [1.165, 1.54) is 0 Å². The molecule has 2 N–H and O–H groups in total. The van der Waals surface area contributed by atoms with E-state index in [0.29, 0.717) is 5.92 Å². The van der Waals surface area contributed by atoms with Crippen LogP contribution in [-0.2, 0) is 9.47 Å². The van der Waals surface area contributed by atoms with Crippen molar-refractivity contribution >= 4 is 0 Å². The number of hydrogen-bond donors (Lipinski definition) is 1. The van der Waals surface area contributed by atoms with Gasteiger partial charge >= 0.3 is 0 Å². The number of para-hydroxylation sites is 1. The summed E-state index contributed by atoms with van der Waals surface area (Å²) >= 11 is 0. The van der Waals surface area contributed by atoms with Crippen LogP contribution in [-0.4, -0.2) is 33.0 Å². The van der Waals surface area contributed by atoms with Gasteiger partial charge in [-0.05, 0) is 31.2 Å². The lowest BCUT2D eigenvalue weighted by Crippen LogP contribution is -2.32. The molecular formula is C17H27NO3. The van der Waals surface area contributed by atoms with Gasteiger partial charge in [-0.3, -0.25) is 0 Å². The Labute approximate surface area is 127 Å². The van der Waals surface area contributed by atoms with Crippen molar-refractivity contribution < 1.29 is 14.2 Å². The Hall–Kier alpha value is -1.10. The van der Waals surface area contributed by atoms with Gasteiger partial charge in [0, 0.05) is 24.8 Å². The number of hydrogen-bond acceptors (Lipinski definition) is 4. The highest BCUT2D eigenvalue weighted by atomic mass is 16.5. The molecule has 1 aliphatic rings. The van der Waals surface area contributed by atoms with Gasteiger partial charge in [-0.1, -0.05) is 25.1 Å². The van der Waals surface area contributed by atoms with Crippen LogP contribution in [0.25, 0.3) is 0 Å². The van der Waals surface area contributed by atoms with E-state index in [-0.39, 0.29) is 12.1 Å². The van der Waals surface area contributed by atoms with Crippen molar-refractivity contribution in [3.8, 4) is 5.75 Å². The monoisotopic (exact) mass is 293 g/mol. The predicted octanol–water partition coefficient (Wildman–Crippen LogP) is 2.92. The van der Waals surface area contributed by atoms with Crippen molar-refractivity contribution in [1.82, 2.24) is 0 Å². The second kappa shape index (κ2) is 8.37. The minimum Gasteiger partial charge on any atom is -0.496 e. The number of methoxy groups -OCH3 is 1. The molecule has 2 atom stereocenters. The first-order valence-corrected chi connectivity index (χ1v) is 7.84. The zero-order valence-electron chi connectivity index (χ0n) is 13.1. The summed E-state index contributed by atoms with van der Waals surface area (Å²) in [5.41, 5.74) is 7.33. The molecule has 1 heterocycles. The average Bonchev–Trinajstić information content (AvgIpc) is 2.56. The first-order chi connectivity index (χ1) is 10.3. The summed E-state index contributed by atoms with van der Waals surface area (Å²) in [5.74, 6) is 1.42. The normalized spacial score (nSPS) is 19.2. The first kappa shape index (κ1) is 16.3. The van der Waals surface area contributed by atoms with Gasteiger partial charge in [-0.2, -0.15) is 0 Å². The Balaban J connectivity index is 2.06. The topological polar surface area (TPSA) is 53.7 Å². The Morgan fingerprint density at radius 1 is 1.29 bits per heavy atom. The van der Waals surface area contributed by atoms with Gasteiger partial charge in [0.1, 0.15) is 11.9 Å². The molecule has 0 saturated carbocycles. The zero-order valence-corrected chi connectivity index (χ0v) is 13.1. The Bertz CT molecular complexity index is 418. The van der Waals surface area contributed by atoms with Crippen LogP contribution in [0.15, 0.2) is 24.3 Å². The summed E-state index contributed by atoms with van der Waals surface area (Å²) < 4.78 is 17.1. The van der Waals surface area contributed by atoms with E-state index in [1.54, 1.807) is 7.11 Å². The molecular weight excluding hydrogens is 266 g/mol. The number of benzene rings is 1. The van der Waals surface area contributed by atoms with Crippen LogP contribution in [0.5, 0.6) is 5.75 Å². The van der Waals surface area contributed by atoms with Gasteiger partial charge < -0.3 is 19.9 Å². The Morgan fingerprint density at radius 3 is 2.67 bits per heavy atom. The highest BCUT2D eigenvalue weighted by molar-refractivity contribution is 5.35. The number of nitrogens with two attached hydrogens (primary N) is 1. The molecule has 0 radical (unpaired) electrons. The molecule has 2 unspecified atom stereocenters. The molecule has 1 fully saturated rings. The summed E-state index contributed by atoms with van der Waals surface area (Å²) in [4.78, 5) is 0. The van der Waals surface area contributed by atoms with Gasteiger partial charge in [0.05, 0.1) is 13.7 Å². The second-order valence-electron chi connectivity index (χ2n) is 5.62. The van der Waals surface area contributed by atoms with E-state index in [2.05, 4.69) is 6.92 Å². The van der Waals surface area contributed by atoms with E-state index in [9.17, 15) is 0 Å². The molecule has 1 aromatic rings. The highest BCUT2D eigenvalue weighted by Gasteiger charge is 2.24. The number of rotatable bonds is 7. The molecule has 21 heavy (non-hydrogen) atoms. The minimum absolute atomic E-state index is 0.0267. The molecule has 118 valence electrons. The standard InChI is InChI=1S/C17H27NO3/c1-3-15(18)17(14-6-4-5-7-16(14)19-2)21-12-13-8-10-20-11-9-13/h4-7,13,15,17H,3,8-12,18H2,1-2H3. The van der Waals surface area contributed by atoms with Crippen molar-refractivity contribution in [2.24, 2.45) is 11.7 Å². The van der Waals surface area contributed by atoms with E-state index < -0.39 is 0 Å². The SMILES string of the molecule is CCC(N)C(OCC1CCOCC1)c1ccccc1OC. The van der Waals surface area contributed by atoms with Gasteiger partial charge in [0.2, 0.25) is 0 Å². The van der Waals surface area contributed by atoms with Crippen molar-refractivity contribution in [2.75, 3.05) is 26.9 Å². The fourth-order valence-corrected chi connectivity index (χ4v) is 2.71. The van der Waals surface area contributed by atoms with Crippen molar-refractivity contribution in [2.45, 2.75) is 38.3 Å². The van der Waals surface area contributed by atoms with Crippen LogP contribution in [0.4, 0.5) is 0 Å². The lowest BCUT2D eigenvalue weighted by molar-refractivity contribution is -0.0219. The van der Waals surface area contributed by atoms with Gasteiger partial charge in [-0.25, -0.2) is 0 Å². The van der Waals surface area contributed by atoms with E-state index in [4.69, 9.17) is 19.9 Å².